The summed E-state index contributed by atoms with van der Waals surface area (Å²) >= 11 is 1.46. The summed E-state index contributed by atoms with van der Waals surface area (Å²) in [4.78, 5) is 21.6. The predicted octanol–water partition coefficient (Wildman–Crippen LogP) is 2.97. The van der Waals surface area contributed by atoms with E-state index in [1.54, 1.807) is 0 Å². The van der Waals surface area contributed by atoms with E-state index in [0.29, 0.717) is 5.13 Å². The number of hydrogen-bond acceptors (Lipinski definition) is 5. The molecule has 0 radical (unpaired) electrons. The van der Waals surface area contributed by atoms with Crippen LogP contribution in [0.2, 0.25) is 0 Å². The molecule has 0 atom stereocenters. The maximum absolute atomic E-state index is 12.8. The highest BCUT2D eigenvalue weighted by atomic mass is 32.1. The summed E-state index contributed by atoms with van der Waals surface area (Å²) in [6.07, 6.45) is 6.77. The van der Waals surface area contributed by atoms with E-state index in [0.717, 1.165) is 48.0 Å². The molecule has 1 aliphatic carbocycles. The van der Waals surface area contributed by atoms with E-state index in [9.17, 15) is 4.79 Å². The van der Waals surface area contributed by atoms with Crippen LogP contribution in [0.1, 0.15) is 42.5 Å². The Labute approximate surface area is 146 Å². The minimum Gasteiger partial charge on any atom is -0.375 e. The van der Waals surface area contributed by atoms with Gasteiger partial charge in [-0.15, -0.1) is 0 Å². The Morgan fingerprint density at radius 2 is 1.88 bits per heavy atom. The number of rotatable bonds is 2. The van der Waals surface area contributed by atoms with Crippen molar-refractivity contribution in [3.05, 3.63) is 23.8 Å². The standard InChI is InChI=1S/C18H24N4OS/c19-18-20-15-12-13(6-7-16(15)24-18)17(23)22-10-8-21(9-11-22)14-4-2-1-3-5-14/h6-7,12,14H,1-5,8-11H2,(H2,19,20). The van der Waals surface area contributed by atoms with Crippen LogP contribution >= 0.6 is 11.3 Å². The number of anilines is 1. The van der Waals surface area contributed by atoms with Crippen molar-refractivity contribution in [2.75, 3.05) is 31.9 Å². The number of amides is 1. The van der Waals surface area contributed by atoms with Gasteiger partial charge in [-0.05, 0) is 31.0 Å². The Morgan fingerprint density at radius 1 is 1.12 bits per heavy atom. The van der Waals surface area contributed by atoms with Crippen molar-refractivity contribution in [2.24, 2.45) is 0 Å². The van der Waals surface area contributed by atoms with Crippen molar-refractivity contribution in [1.82, 2.24) is 14.8 Å². The lowest BCUT2D eigenvalue weighted by molar-refractivity contribution is 0.0523. The van der Waals surface area contributed by atoms with Gasteiger partial charge in [0.1, 0.15) is 0 Å². The number of nitrogens with zero attached hydrogens (tertiary/aromatic N) is 3. The number of benzene rings is 1. The molecule has 1 aromatic carbocycles. The molecule has 4 rings (SSSR count). The summed E-state index contributed by atoms with van der Waals surface area (Å²) in [5.74, 6) is 0.117. The van der Waals surface area contributed by atoms with E-state index in [1.807, 2.05) is 23.1 Å². The quantitative estimate of drug-likeness (QED) is 0.910. The van der Waals surface area contributed by atoms with E-state index >= 15 is 0 Å². The molecule has 2 heterocycles. The van der Waals surface area contributed by atoms with Crippen molar-refractivity contribution in [3.63, 3.8) is 0 Å². The molecule has 1 aliphatic heterocycles. The average Bonchev–Trinajstić information content (AvgIpc) is 3.01. The largest absolute Gasteiger partial charge is 0.375 e. The maximum atomic E-state index is 12.8. The van der Waals surface area contributed by atoms with Crippen LogP contribution in [-0.4, -0.2) is 52.9 Å². The number of carbonyl (C=O) groups is 1. The number of carbonyl (C=O) groups excluding carboxylic acids is 1. The average molecular weight is 344 g/mol. The Morgan fingerprint density at radius 3 is 2.62 bits per heavy atom. The second-order valence-corrected chi connectivity index (χ2v) is 7.92. The summed E-state index contributed by atoms with van der Waals surface area (Å²) in [6.45, 7) is 3.66. The van der Waals surface area contributed by atoms with E-state index < -0.39 is 0 Å². The second kappa shape index (κ2) is 6.69. The SMILES string of the molecule is Nc1nc2cc(C(=O)N3CCN(C4CCCCC4)CC3)ccc2s1. The zero-order valence-electron chi connectivity index (χ0n) is 13.9. The Kier molecular flexibility index (Phi) is 4.41. The van der Waals surface area contributed by atoms with E-state index in [4.69, 9.17) is 5.73 Å². The highest BCUT2D eigenvalue weighted by molar-refractivity contribution is 7.22. The Hall–Kier alpha value is -1.66. The molecule has 2 aromatic rings. The maximum Gasteiger partial charge on any atom is 0.254 e. The molecule has 0 spiro atoms. The minimum absolute atomic E-state index is 0.117. The number of hydrogen-bond donors (Lipinski definition) is 1. The summed E-state index contributed by atoms with van der Waals surface area (Å²) in [5, 5.41) is 0.552. The van der Waals surface area contributed by atoms with Gasteiger partial charge >= 0.3 is 0 Å². The van der Waals surface area contributed by atoms with Crippen molar-refractivity contribution >= 4 is 32.6 Å². The van der Waals surface area contributed by atoms with Crippen molar-refractivity contribution in [1.29, 1.82) is 0 Å². The van der Waals surface area contributed by atoms with Crippen LogP contribution < -0.4 is 5.73 Å². The van der Waals surface area contributed by atoms with Gasteiger partial charge in [-0.1, -0.05) is 30.6 Å². The van der Waals surface area contributed by atoms with Crippen LogP contribution in [-0.2, 0) is 0 Å². The van der Waals surface area contributed by atoms with Gasteiger partial charge < -0.3 is 10.6 Å². The van der Waals surface area contributed by atoms with E-state index in [-0.39, 0.29) is 5.91 Å². The molecule has 1 amide bonds. The van der Waals surface area contributed by atoms with Crippen LogP contribution in [0.5, 0.6) is 0 Å². The molecule has 6 heteroatoms. The van der Waals surface area contributed by atoms with E-state index in [2.05, 4.69) is 9.88 Å². The van der Waals surface area contributed by atoms with Gasteiger partial charge in [0, 0.05) is 37.8 Å². The Bertz CT molecular complexity index is 730. The molecule has 1 saturated carbocycles. The minimum atomic E-state index is 0.117. The molecule has 24 heavy (non-hydrogen) atoms. The smallest absolute Gasteiger partial charge is 0.254 e. The molecular formula is C18H24N4OS. The lowest BCUT2D eigenvalue weighted by Gasteiger charge is -2.40. The van der Waals surface area contributed by atoms with Crippen LogP contribution in [0.4, 0.5) is 5.13 Å². The molecule has 2 N–H and O–H groups in total. The highest BCUT2D eigenvalue weighted by Gasteiger charge is 2.27. The molecule has 2 aliphatic rings. The first-order valence-corrected chi connectivity index (χ1v) is 9.72. The zero-order valence-corrected chi connectivity index (χ0v) is 14.7. The van der Waals surface area contributed by atoms with Crippen molar-refractivity contribution < 1.29 is 4.79 Å². The van der Waals surface area contributed by atoms with Crippen molar-refractivity contribution in [3.8, 4) is 0 Å². The number of fused-ring (bicyclic) bond motifs is 1. The van der Waals surface area contributed by atoms with Gasteiger partial charge in [-0.2, -0.15) is 0 Å². The van der Waals surface area contributed by atoms with Crippen LogP contribution in [0, 0.1) is 0 Å². The van der Waals surface area contributed by atoms with Crippen LogP contribution in [0.3, 0.4) is 0 Å². The lowest BCUT2D eigenvalue weighted by Crippen LogP contribution is -2.52. The number of piperazine rings is 1. The molecule has 1 saturated heterocycles. The summed E-state index contributed by atoms with van der Waals surface area (Å²) in [7, 11) is 0. The Balaban J connectivity index is 1.41. The number of nitrogens with two attached hydrogens (primary N) is 1. The molecular weight excluding hydrogens is 320 g/mol. The number of thiazole rings is 1. The molecule has 1 aromatic heterocycles. The van der Waals surface area contributed by atoms with Crippen LogP contribution in [0.25, 0.3) is 10.2 Å². The third kappa shape index (κ3) is 3.13. The lowest BCUT2D eigenvalue weighted by atomic mass is 9.94. The van der Waals surface area contributed by atoms with Crippen molar-refractivity contribution in [2.45, 2.75) is 38.1 Å². The fourth-order valence-corrected chi connectivity index (χ4v) is 4.71. The normalized spacial score (nSPS) is 20.6. The first kappa shape index (κ1) is 15.8. The molecule has 5 nitrogen and oxygen atoms in total. The number of nitrogen functional groups attached to an aromatic ring is 1. The monoisotopic (exact) mass is 344 g/mol. The first-order valence-electron chi connectivity index (χ1n) is 8.90. The van der Waals surface area contributed by atoms with Gasteiger partial charge in [-0.25, -0.2) is 4.98 Å². The van der Waals surface area contributed by atoms with Gasteiger partial charge in [-0.3, -0.25) is 9.69 Å². The van der Waals surface area contributed by atoms with Gasteiger partial charge in [0.25, 0.3) is 5.91 Å². The zero-order chi connectivity index (χ0) is 16.5. The third-order valence-electron chi connectivity index (χ3n) is 5.34. The van der Waals surface area contributed by atoms with Gasteiger partial charge in [0.15, 0.2) is 5.13 Å². The van der Waals surface area contributed by atoms with Gasteiger partial charge in [0.05, 0.1) is 10.2 Å². The topological polar surface area (TPSA) is 62.5 Å². The first-order chi connectivity index (χ1) is 11.7. The molecule has 0 bridgehead atoms. The summed E-state index contributed by atoms with van der Waals surface area (Å²) in [6, 6.07) is 6.47. The fourth-order valence-electron chi connectivity index (χ4n) is 4.00. The fraction of sp³-hybridized carbons (Fsp3) is 0.556. The van der Waals surface area contributed by atoms with Gasteiger partial charge in [0.2, 0.25) is 0 Å². The summed E-state index contributed by atoms with van der Waals surface area (Å²) < 4.78 is 1.03. The molecule has 0 unspecified atom stereocenters. The highest BCUT2D eigenvalue weighted by Crippen LogP contribution is 2.26. The van der Waals surface area contributed by atoms with E-state index in [1.165, 1.54) is 43.4 Å². The van der Waals surface area contributed by atoms with Crippen LogP contribution in [0.15, 0.2) is 18.2 Å². The second-order valence-electron chi connectivity index (χ2n) is 6.85. The predicted molar refractivity (Wildman–Crippen MR) is 98.4 cm³/mol. The molecule has 2 fully saturated rings. The summed E-state index contributed by atoms with van der Waals surface area (Å²) in [5.41, 5.74) is 7.30. The third-order valence-corrected chi connectivity index (χ3v) is 6.21. The molecule has 128 valence electrons. The number of aromatic nitrogens is 1.